The van der Waals surface area contributed by atoms with Crippen molar-refractivity contribution in [2.24, 2.45) is 0 Å². The summed E-state index contributed by atoms with van der Waals surface area (Å²) in [4.78, 5) is 18.8. The number of furan rings is 1. The van der Waals surface area contributed by atoms with E-state index in [9.17, 15) is 4.79 Å². The van der Waals surface area contributed by atoms with Crippen LogP contribution in [0.2, 0.25) is 0 Å². The summed E-state index contributed by atoms with van der Waals surface area (Å²) < 4.78 is 7.38. The van der Waals surface area contributed by atoms with Crippen molar-refractivity contribution in [1.82, 2.24) is 30.1 Å². The van der Waals surface area contributed by atoms with Crippen LogP contribution in [0.4, 0.5) is 0 Å². The number of aromatic nitrogens is 5. The molecule has 1 fully saturated rings. The molecule has 0 unspecified atom stereocenters. The molecule has 3 heterocycles. The van der Waals surface area contributed by atoms with Gasteiger partial charge in [0, 0.05) is 29.1 Å². The van der Waals surface area contributed by atoms with Crippen molar-refractivity contribution in [2.75, 3.05) is 0 Å². The predicted molar refractivity (Wildman–Crippen MR) is 135 cm³/mol. The molecule has 5 rings (SSSR count). The highest BCUT2D eigenvalue weighted by atomic mass is 16.3. The zero-order valence-electron chi connectivity index (χ0n) is 20.8. The van der Waals surface area contributed by atoms with Gasteiger partial charge in [-0.1, -0.05) is 32.3 Å². The van der Waals surface area contributed by atoms with Gasteiger partial charge in [0.25, 0.3) is 5.56 Å². The Morgan fingerprint density at radius 3 is 2.77 bits per heavy atom. The molecule has 1 atom stereocenters. The molecule has 0 radical (unpaired) electrons. The van der Waals surface area contributed by atoms with Crippen molar-refractivity contribution in [3.63, 3.8) is 0 Å². The van der Waals surface area contributed by atoms with E-state index in [0.717, 1.165) is 52.9 Å². The van der Waals surface area contributed by atoms with Gasteiger partial charge in [0.05, 0.1) is 12.3 Å². The lowest BCUT2D eigenvalue weighted by Gasteiger charge is -2.39. The fourth-order valence-electron chi connectivity index (χ4n) is 5.62. The summed E-state index contributed by atoms with van der Waals surface area (Å²) >= 11 is 0. The highest BCUT2D eigenvalue weighted by molar-refractivity contribution is 5.83. The Balaban J connectivity index is 1.52. The number of aryl methyl sites for hydroxylation is 2. The van der Waals surface area contributed by atoms with E-state index in [2.05, 4.69) is 58.3 Å². The summed E-state index contributed by atoms with van der Waals surface area (Å²) in [6.07, 6.45) is 8.45. The van der Waals surface area contributed by atoms with E-state index in [0.29, 0.717) is 19.1 Å². The van der Waals surface area contributed by atoms with Gasteiger partial charge in [-0.3, -0.25) is 9.69 Å². The SMILES string of the molecule is CC[C@H](c1nnnn1Cc1ccco1)N(Cc1cc2c(C)cc(C)cc2[nH]c1=O)C1CCCCC1. The molecule has 4 aromatic rings. The first-order chi connectivity index (χ1) is 17.0. The van der Waals surface area contributed by atoms with Crippen LogP contribution in [0.1, 0.15) is 79.8 Å². The first kappa shape index (κ1) is 23.5. The summed E-state index contributed by atoms with van der Waals surface area (Å²) in [5, 5.41) is 13.8. The van der Waals surface area contributed by atoms with E-state index in [1.807, 2.05) is 22.9 Å². The average Bonchev–Trinajstić information content (AvgIpc) is 3.53. The Bertz CT molecular complexity index is 1330. The standard InChI is InChI=1S/C27H34N6O2/c1-4-25(26-29-30-31-33(26)17-22-11-8-12-35-22)32(21-9-6-5-7-10-21)16-20-15-23-19(3)13-18(2)14-24(23)28-27(20)34/h8,11-15,21,25H,4-7,9-10,16-17H2,1-3H3,(H,28,34)/t25-/m1/s1. The summed E-state index contributed by atoms with van der Waals surface area (Å²) in [5.74, 6) is 1.63. The molecule has 0 bridgehead atoms. The van der Waals surface area contributed by atoms with Crippen molar-refractivity contribution in [3.05, 3.63) is 75.2 Å². The zero-order valence-corrected chi connectivity index (χ0v) is 20.8. The largest absolute Gasteiger partial charge is 0.467 e. The van der Waals surface area contributed by atoms with Crippen LogP contribution in [0.5, 0.6) is 0 Å². The zero-order chi connectivity index (χ0) is 24.4. The van der Waals surface area contributed by atoms with Crippen molar-refractivity contribution in [1.29, 1.82) is 0 Å². The molecule has 0 spiro atoms. The Kier molecular flexibility index (Phi) is 6.81. The normalized spacial score (nSPS) is 15.8. The minimum Gasteiger partial charge on any atom is -0.467 e. The number of pyridine rings is 1. The Hall–Kier alpha value is -3.26. The first-order valence-corrected chi connectivity index (χ1v) is 12.7. The minimum atomic E-state index is -0.0201. The fraction of sp³-hybridized carbons (Fsp3) is 0.481. The molecule has 1 aliphatic carbocycles. The summed E-state index contributed by atoms with van der Waals surface area (Å²) in [7, 11) is 0. The first-order valence-electron chi connectivity index (χ1n) is 12.7. The molecule has 0 amide bonds. The maximum Gasteiger partial charge on any atom is 0.252 e. The number of nitrogens with one attached hydrogen (secondary N) is 1. The van der Waals surface area contributed by atoms with Crippen molar-refractivity contribution < 1.29 is 4.42 Å². The number of hydrogen-bond acceptors (Lipinski definition) is 6. The van der Waals surface area contributed by atoms with Gasteiger partial charge in [0.2, 0.25) is 0 Å². The number of fused-ring (bicyclic) bond motifs is 1. The minimum absolute atomic E-state index is 0.00252. The van der Waals surface area contributed by atoms with Crippen LogP contribution in [0.3, 0.4) is 0 Å². The van der Waals surface area contributed by atoms with Gasteiger partial charge < -0.3 is 9.40 Å². The fourth-order valence-corrected chi connectivity index (χ4v) is 5.62. The third kappa shape index (κ3) is 4.93. The third-order valence-electron chi connectivity index (χ3n) is 7.32. The van der Waals surface area contributed by atoms with Crippen molar-refractivity contribution >= 4 is 10.9 Å². The molecule has 1 N–H and O–H groups in total. The Morgan fingerprint density at radius 1 is 1.20 bits per heavy atom. The number of tetrazole rings is 1. The van der Waals surface area contributed by atoms with Gasteiger partial charge in [0.15, 0.2) is 5.82 Å². The molecular formula is C27H34N6O2. The number of hydrogen-bond donors (Lipinski definition) is 1. The Labute approximate surface area is 205 Å². The number of aromatic amines is 1. The van der Waals surface area contributed by atoms with E-state index in [1.54, 1.807) is 6.26 Å². The van der Waals surface area contributed by atoms with Crippen LogP contribution >= 0.6 is 0 Å². The van der Waals surface area contributed by atoms with Crippen LogP contribution in [-0.4, -0.2) is 36.1 Å². The van der Waals surface area contributed by atoms with E-state index in [1.165, 1.54) is 24.8 Å². The molecule has 184 valence electrons. The predicted octanol–water partition coefficient (Wildman–Crippen LogP) is 5.06. The molecule has 8 nitrogen and oxygen atoms in total. The molecule has 1 aliphatic rings. The van der Waals surface area contributed by atoms with Crippen molar-refractivity contribution in [3.8, 4) is 0 Å². The van der Waals surface area contributed by atoms with Gasteiger partial charge >= 0.3 is 0 Å². The lowest BCUT2D eigenvalue weighted by molar-refractivity contribution is 0.0842. The Morgan fingerprint density at radius 2 is 2.03 bits per heavy atom. The van der Waals surface area contributed by atoms with Crippen LogP contribution in [0, 0.1) is 13.8 Å². The monoisotopic (exact) mass is 474 g/mol. The maximum atomic E-state index is 13.2. The van der Waals surface area contributed by atoms with E-state index in [4.69, 9.17) is 4.42 Å². The second-order valence-electron chi connectivity index (χ2n) is 9.83. The molecule has 0 aliphatic heterocycles. The molecule has 3 aromatic heterocycles. The highest BCUT2D eigenvalue weighted by Crippen LogP contribution is 2.33. The van der Waals surface area contributed by atoms with Gasteiger partial charge in [-0.05, 0) is 78.9 Å². The lowest BCUT2D eigenvalue weighted by Crippen LogP contribution is -2.41. The van der Waals surface area contributed by atoms with Gasteiger partial charge in [-0.2, -0.15) is 0 Å². The summed E-state index contributed by atoms with van der Waals surface area (Å²) in [5.41, 5.74) is 3.99. The van der Waals surface area contributed by atoms with Crippen LogP contribution in [0.25, 0.3) is 10.9 Å². The summed E-state index contributed by atoms with van der Waals surface area (Å²) in [6, 6.07) is 10.5. The molecule has 35 heavy (non-hydrogen) atoms. The number of rotatable bonds is 8. The number of benzene rings is 1. The molecule has 1 aromatic carbocycles. The second kappa shape index (κ2) is 10.2. The van der Waals surface area contributed by atoms with Gasteiger partial charge in [-0.15, -0.1) is 5.10 Å². The average molecular weight is 475 g/mol. The van der Waals surface area contributed by atoms with Gasteiger partial charge in [-0.25, -0.2) is 4.68 Å². The summed E-state index contributed by atoms with van der Waals surface area (Å²) in [6.45, 7) is 7.38. The highest BCUT2D eigenvalue weighted by Gasteiger charge is 2.32. The third-order valence-corrected chi connectivity index (χ3v) is 7.32. The van der Waals surface area contributed by atoms with Crippen LogP contribution < -0.4 is 5.56 Å². The lowest BCUT2D eigenvalue weighted by atomic mass is 9.92. The van der Waals surface area contributed by atoms with E-state index in [-0.39, 0.29) is 11.6 Å². The molecule has 0 saturated heterocycles. The topological polar surface area (TPSA) is 92.8 Å². The molecular weight excluding hydrogens is 440 g/mol. The van der Waals surface area contributed by atoms with Gasteiger partial charge in [0.1, 0.15) is 12.3 Å². The van der Waals surface area contributed by atoms with Crippen molar-refractivity contribution in [2.45, 2.75) is 84.5 Å². The van der Waals surface area contributed by atoms with E-state index < -0.39 is 0 Å². The smallest absolute Gasteiger partial charge is 0.252 e. The maximum absolute atomic E-state index is 13.2. The number of nitrogens with zero attached hydrogens (tertiary/aromatic N) is 5. The van der Waals surface area contributed by atoms with E-state index >= 15 is 0 Å². The second-order valence-corrected chi connectivity index (χ2v) is 9.83. The van der Waals surface area contributed by atoms with Crippen LogP contribution in [0.15, 0.2) is 45.8 Å². The quantitative estimate of drug-likeness (QED) is 0.384. The molecule has 8 heteroatoms. The number of H-pyrrole nitrogens is 1. The molecule has 1 saturated carbocycles. The van der Waals surface area contributed by atoms with Crippen LogP contribution in [-0.2, 0) is 13.1 Å².